The zero-order valence-electron chi connectivity index (χ0n) is 13.4. The molecule has 1 saturated heterocycles. The number of likely N-dealkylation sites (N-methyl/N-ethyl adjacent to an activating group) is 1. The summed E-state index contributed by atoms with van der Waals surface area (Å²) in [7, 11) is 1.51. The Morgan fingerprint density at radius 3 is 2.32 bits per heavy atom. The van der Waals surface area contributed by atoms with Crippen molar-refractivity contribution in [3.8, 4) is 11.1 Å². The Bertz CT molecular complexity index is 773. The lowest BCUT2D eigenvalue weighted by molar-refractivity contribution is -0.000435. The third-order valence-corrected chi connectivity index (χ3v) is 4.61. The lowest BCUT2D eigenvalue weighted by Crippen LogP contribution is -2.45. The van der Waals surface area contributed by atoms with Crippen LogP contribution < -0.4 is 5.73 Å². The van der Waals surface area contributed by atoms with Crippen molar-refractivity contribution in [1.82, 2.24) is 4.90 Å². The molecule has 2 aromatic carbocycles. The Balaban J connectivity index is 1.94. The summed E-state index contributed by atoms with van der Waals surface area (Å²) in [6.07, 6.45) is -0.0231. The number of halogens is 5. The molecule has 1 fully saturated rings. The highest BCUT2D eigenvalue weighted by atomic mass is 19.3. The topological polar surface area (TPSA) is 29.3 Å². The van der Waals surface area contributed by atoms with E-state index in [-0.39, 0.29) is 23.1 Å². The van der Waals surface area contributed by atoms with Crippen molar-refractivity contribution in [3.63, 3.8) is 0 Å². The number of likely N-dealkylation sites (tertiary alicyclic amines) is 1. The molecule has 1 aliphatic heterocycles. The second-order valence-electron chi connectivity index (χ2n) is 6.41. The van der Waals surface area contributed by atoms with Gasteiger partial charge in [0.05, 0.1) is 12.6 Å². The molecule has 0 radical (unpaired) electrons. The van der Waals surface area contributed by atoms with E-state index in [4.69, 9.17) is 5.73 Å². The molecule has 25 heavy (non-hydrogen) atoms. The quantitative estimate of drug-likeness (QED) is 0.852. The highest BCUT2D eigenvalue weighted by Gasteiger charge is 2.51. The Hall–Kier alpha value is -1.99. The predicted molar refractivity (Wildman–Crippen MR) is 84.8 cm³/mol. The SMILES string of the molecule is CN1CC(F)(F)C(N)C1Cc1cccc(-c2cc(F)cc(F)c2)c1F. The Morgan fingerprint density at radius 1 is 1.12 bits per heavy atom. The predicted octanol–water partition coefficient (Wildman–Crippen LogP) is 3.59. The maximum atomic E-state index is 14.8. The van der Waals surface area contributed by atoms with Crippen LogP contribution in [0.2, 0.25) is 0 Å². The van der Waals surface area contributed by atoms with Gasteiger partial charge in [0, 0.05) is 17.7 Å². The van der Waals surface area contributed by atoms with Crippen molar-refractivity contribution in [2.45, 2.75) is 24.4 Å². The van der Waals surface area contributed by atoms with Gasteiger partial charge < -0.3 is 5.73 Å². The first-order valence-electron chi connectivity index (χ1n) is 7.76. The highest BCUT2D eigenvalue weighted by Crippen LogP contribution is 2.33. The van der Waals surface area contributed by atoms with Crippen molar-refractivity contribution in [1.29, 1.82) is 0 Å². The first-order valence-corrected chi connectivity index (χ1v) is 7.76. The summed E-state index contributed by atoms with van der Waals surface area (Å²) < 4.78 is 69.1. The van der Waals surface area contributed by atoms with Gasteiger partial charge in [-0.15, -0.1) is 0 Å². The number of rotatable bonds is 3. The van der Waals surface area contributed by atoms with Gasteiger partial charge in [0.2, 0.25) is 0 Å². The smallest absolute Gasteiger partial charge is 0.276 e. The van der Waals surface area contributed by atoms with Crippen LogP contribution in [0.15, 0.2) is 36.4 Å². The number of alkyl halides is 2. The van der Waals surface area contributed by atoms with Gasteiger partial charge >= 0.3 is 0 Å². The minimum absolute atomic E-state index is 0.0110. The van der Waals surface area contributed by atoms with E-state index in [1.165, 1.54) is 30.1 Å². The average molecular weight is 356 g/mol. The third-order valence-electron chi connectivity index (χ3n) is 4.61. The van der Waals surface area contributed by atoms with E-state index >= 15 is 0 Å². The van der Waals surface area contributed by atoms with Gasteiger partial charge in [-0.2, -0.15) is 0 Å². The molecule has 2 unspecified atom stereocenters. The van der Waals surface area contributed by atoms with Gasteiger partial charge in [-0.1, -0.05) is 18.2 Å². The second-order valence-corrected chi connectivity index (χ2v) is 6.41. The zero-order valence-corrected chi connectivity index (χ0v) is 13.4. The first-order chi connectivity index (χ1) is 11.7. The molecule has 0 aromatic heterocycles. The van der Waals surface area contributed by atoms with E-state index < -0.39 is 42.0 Å². The fraction of sp³-hybridized carbons (Fsp3) is 0.333. The molecule has 134 valence electrons. The molecule has 0 saturated carbocycles. The Labute approximate surface area is 142 Å². The molecule has 1 heterocycles. The maximum absolute atomic E-state index is 14.8. The fourth-order valence-electron chi connectivity index (χ4n) is 3.29. The maximum Gasteiger partial charge on any atom is 0.276 e. The first kappa shape index (κ1) is 17.8. The molecule has 2 atom stereocenters. The lowest BCUT2D eigenvalue weighted by atomic mass is 9.95. The normalized spacial score (nSPS) is 23.2. The van der Waals surface area contributed by atoms with Crippen LogP contribution in [-0.2, 0) is 6.42 Å². The van der Waals surface area contributed by atoms with Crippen LogP contribution in [0.4, 0.5) is 22.0 Å². The molecule has 3 rings (SSSR count). The van der Waals surface area contributed by atoms with Gasteiger partial charge in [-0.3, -0.25) is 4.90 Å². The van der Waals surface area contributed by atoms with Gasteiger partial charge in [-0.05, 0) is 36.7 Å². The van der Waals surface area contributed by atoms with Crippen molar-refractivity contribution >= 4 is 0 Å². The van der Waals surface area contributed by atoms with E-state index in [0.29, 0.717) is 6.07 Å². The number of hydrogen-bond acceptors (Lipinski definition) is 2. The van der Waals surface area contributed by atoms with Crippen LogP contribution in [-0.4, -0.2) is 36.5 Å². The van der Waals surface area contributed by atoms with Crippen LogP contribution in [0.1, 0.15) is 5.56 Å². The summed E-state index contributed by atoms with van der Waals surface area (Å²) >= 11 is 0. The highest BCUT2D eigenvalue weighted by molar-refractivity contribution is 5.65. The summed E-state index contributed by atoms with van der Waals surface area (Å²) in [6.45, 7) is -0.491. The zero-order chi connectivity index (χ0) is 18.4. The van der Waals surface area contributed by atoms with Crippen molar-refractivity contribution in [2.75, 3.05) is 13.6 Å². The minimum Gasteiger partial charge on any atom is -0.321 e. The van der Waals surface area contributed by atoms with Gasteiger partial charge in [-0.25, -0.2) is 22.0 Å². The molecule has 0 bridgehead atoms. The summed E-state index contributed by atoms with van der Waals surface area (Å²) in [4.78, 5) is 1.40. The van der Waals surface area contributed by atoms with Gasteiger partial charge in [0.1, 0.15) is 17.5 Å². The average Bonchev–Trinajstić information content (AvgIpc) is 2.70. The van der Waals surface area contributed by atoms with Crippen LogP contribution >= 0.6 is 0 Å². The second kappa shape index (κ2) is 6.38. The molecular weight excluding hydrogens is 339 g/mol. The van der Waals surface area contributed by atoms with Crippen LogP contribution in [0, 0.1) is 17.5 Å². The standard InChI is InChI=1S/C18H17F5N2/c1-25-9-18(22,23)17(24)15(25)7-10-3-2-4-14(16(10)21)11-5-12(19)8-13(20)6-11/h2-6,8,15,17H,7,9,24H2,1H3. The van der Waals surface area contributed by atoms with Crippen molar-refractivity contribution < 1.29 is 22.0 Å². The molecular formula is C18H17F5N2. The van der Waals surface area contributed by atoms with E-state index in [2.05, 4.69) is 0 Å². The van der Waals surface area contributed by atoms with E-state index in [1.807, 2.05) is 0 Å². The molecule has 0 amide bonds. The summed E-state index contributed by atoms with van der Waals surface area (Å²) in [6, 6.07) is 4.97. The van der Waals surface area contributed by atoms with Crippen molar-refractivity contribution in [2.24, 2.45) is 5.73 Å². The lowest BCUT2D eigenvalue weighted by Gasteiger charge is -2.23. The van der Waals surface area contributed by atoms with Crippen LogP contribution in [0.3, 0.4) is 0 Å². The van der Waals surface area contributed by atoms with E-state index in [1.54, 1.807) is 0 Å². The molecule has 0 aliphatic carbocycles. The minimum atomic E-state index is -3.04. The fourth-order valence-corrected chi connectivity index (χ4v) is 3.29. The molecule has 0 spiro atoms. The third kappa shape index (κ3) is 3.39. The summed E-state index contributed by atoms with van der Waals surface area (Å²) in [5.41, 5.74) is 5.85. The molecule has 2 N–H and O–H groups in total. The van der Waals surface area contributed by atoms with Crippen molar-refractivity contribution in [3.05, 3.63) is 59.4 Å². The summed E-state index contributed by atoms with van der Waals surface area (Å²) in [5.74, 6) is -5.38. The largest absolute Gasteiger partial charge is 0.321 e. The molecule has 7 heteroatoms. The Kier molecular flexibility index (Phi) is 4.55. The molecule has 2 nitrogen and oxygen atoms in total. The number of nitrogens with two attached hydrogens (primary N) is 1. The molecule has 2 aromatic rings. The van der Waals surface area contributed by atoms with Gasteiger partial charge in [0.15, 0.2) is 0 Å². The van der Waals surface area contributed by atoms with Gasteiger partial charge in [0.25, 0.3) is 5.92 Å². The number of nitrogens with zero attached hydrogens (tertiary/aromatic N) is 1. The van der Waals surface area contributed by atoms with E-state index in [9.17, 15) is 22.0 Å². The number of hydrogen-bond donors (Lipinski definition) is 1. The van der Waals surface area contributed by atoms with E-state index in [0.717, 1.165) is 12.1 Å². The monoisotopic (exact) mass is 356 g/mol. The summed E-state index contributed by atoms with van der Waals surface area (Å²) in [5, 5.41) is 0. The molecule has 1 aliphatic rings. The van der Waals surface area contributed by atoms with Crippen LogP contribution in [0.5, 0.6) is 0 Å². The Morgan fingerprint density at radius 2 is 1.76 bits per heavy atom. The van der Waals surface area contributed by atoms with Crippen LogP contribution in [0.25, 0.3) is 11.1 Å². The number of benzene rings is 2.